The van der Waals surface area contributed by atoms with Crippen LogP contribution in [0.2, 0.25) is 0 Å². The molecule has 0 radical (unpaired) electrons. The Bertz CT molecular complexity index is 853. The van der Waals surface area contributed by atoms with Crippen LogP contribution in [0.25, 0.3) is 0 Å². The molecule has 1 amide bonds. The highest BCUT2D eigenvalue weighted by Gasteiger charge is 2.05. The Balaban J connectivity index is 0.000000307. The van der Waals surface area contributed by atoms with Gasteiger partial charge in [0.05, 0.1) is 25.3 Å². The van der Waals surface area contributed by atoms with Crippen molar-refractivity contribution in [1.82, 2.24) is 0 Å². The average molecular weight is 347 g/mol. The molecule has 0 unspecified atom stereocenters. The van der Waals surface area contributed by atoms with Crippen molar-refractivity contribution in [2.45, 2.75) is 6.85 Å². The van der Waals surface area contributed by atoms with Crippen LogP contribution >= 0.6 is 0 Å². The van der Waals surface area contributed by atoms with Crippen molar-refractivity contribution in [2.75, 3.05) is 25.3 Å². The average Bonchev–Trinajstić information content (AvgIpc) is 2.66. The summed E-state index contributed by atoms with van der Waals surface area (Å²) in [6, 6.07) is 12.5. The Morgan fingerprint density at radius 2 is 1.52 bits per heavy atom. The molecule has 0 atom stereocenters. The van der Waals surface area contributed by atoms with Crippen LogP contribution in [0.4, 0.5) is 11.4 Å². The predicted molar refractivity (Wildman–Crippen MR) is 94.3 cm³/mol. The van der Waals surface area contributed by atoms with Gasteiger partial charge in [0.1, 0.15) is 0 Å². The number of hydrogen-bond donors (Lipinski definition) is 2. The Hall–Kier alpha value is -3.35. The monoisotopic (exact) mass is 347 g/mol. The number of benzene rings is 2. The van der Waals surface area contributed by atoms with Gasteiger partial charge in [0.25, 0.3) is 0 Å². The first-order valence-corrected chi connectivity index (χ1v) is 7.02. The van der Waals surface area contributed by atoms with Crippen LogP contribution in [0.1, 0.15) is 31.7 Å². The second-order valence-electron chi connectivity index (χ2n) is 4.64. The number of rotatable bonds is 3. The lowest BCUT2D eigenvalue weighted by Crippen LogP contribution is -2.07. The van der Waals surface area contributed by atoms with Crippen molar-refractivity contribution in [1.29, 1.82) is 0 Å². The highest BCUT2D eigenvalue weighted by atomic mass is 16.5. The Morgan fingerprint density at radius 3 is 2.04 bits per heavy atom. The normalized spacial score (nSPS) is 11.5. The topological polar surface area (TPSA) is 108 Å². The van der Waals surface area contributed by atoms with Crippen LogP contribution in [-0.2, 0) is 14.3 Å². The van der Waals surface area contributed by atoms with E-state index < -0.39 is 18.7 Å². The number of carbonyl (C=O) groups excluding carboxylic acids is 3. The molecule has 0 fully saturated rings. The molecule has 0 aliphatic heterocycles. The first-order chi connectivity index (χ1) is 13.1. The van der Waals surface area contributed by atoms with Crippen LogP contribution in [0.3, 0.4) is 0 Å². The smallest absolute Gasteiger partial charge is 0.337 e. The second kappa shape index (κ2) is 9.71. The lowest BCUT2D eigenvalue weighted by Gasteiger charge is -2.03. The maximum absolute atomic E-state index is 11.2. The number of anilines is 2. The van der Waals surface area contributed by atoms with Gasteiger partial charge in [-0.2, -0.15) is 0 Å². The number of esters is 2. The molecule has 0 saturated carbocycles. The van der Waals surface area contributed by atoms with Gasteiger partial charge in [-0.3, -0.25) is 4.79 Å². The van der Waals surface area contributed by atoms with Crippen LogP contribution in [0.5, 0.6) is 0 Å². The summed E-state index contributed by atoms with van der Waals surface area (Å²) >= 11 is 0. The zero-order chi connectivity index (χ0) is 21.3. The third kappa shape index (κ3) is 6.74. The Labute approximate surface area is 150 Å². The quantitative estimate of drug-likeness (QED) is 0.652. The molecule has 3 N–H and O–H groups in total. The zero-order valence-corrected chi connectivity index (χ0v) is 13.7. The molecule has 0 saturated heterocycles. The third-order valence-electron chi connectivity index (χ3n) is 2.85. The summed E-state index contributed by atoms with van der Waals surface area (Å²) in [5.74, 6) is -2.02. The number of nitrogens with one attached hydrogen (secondary N) is 1. The largest absolute Gasteiger partial charge is 0.465 e. The van der Waals surface area contributed by atoms with Gasteiger partial charge in [0.2, 0.25) is 5.91 Å². The van der Waals surface area contributed by atoms with Crippen molar-refractivity contribution in [3.63, 3.8) is 0 Å². The number of methoxy groups -OCH3 is 2. The van der Waals surface area contributed by atoms with Gasteiger partial charge in [-0.25, -0.2) is 9.59 Å². The van der Waals surface area contributed by atoms with Gasteiger partial charge in [-0.05, 0) is 36.4 Å². The minimum atomic E-state index is -2.72. The van der Waals surface area contributed by atoms with Gasteiger partial charge in [0, 0.05) is 22.3 Å². The molecule has 7 nitrogen and oxygen atoms in total. The van der Waals surface area contributed by atoms with Crippen LogP contribution < -0.4 is 11.1 Å². The van der Waals surface area contributed by atoms with Gasteiger partial charge >= 0.3 is 11.9 Å². The first-order valence-electron chi connectivity index (χ1n) is 8.52. The fourth-order valence-electron chi connectivity index (χ4n) is 1.76. The van der Waals surface area contributed by atoms with E-state index in [1.54, 1.807) is 24.3 Å². The van der Waals surface area contributed by atoms with E-state index in [0.29, 0.717) is 11.3 Å². The van der Waals surface area contributed by atoms with Crippen molar-refractivity contribution in [2.24, 2.45) is 0 Å². The van der Waals surface area contributed by atoms with Crippen molar-refractivity contribution in [3.05, 3.63) is 59.7 Å². The van der Waals surface area contributed by atoms with Gasteiger partial charge in [0.15, 0.2) is 0 Å². The van der Waals surface area contributed by atoms with E-state index in [-0.39, 0.29) is 17.2 Å². The first kappa shape index (κ1) is 15.2. The summed E-state index contributed by atoms with van der Waals surface area (Å²) in [6.07, 6.45) is 0. The minimum Gasteiger partial charge on any atom is -0.465 e. The molecular formula is C18H20N2O5. The fraction of sp³-hybridized carbons (Fsp3) is 0.167. The Morgan fingerprint density at radius 1 is 0.960 bits per heavy atom. The van der Waals surface area contributed by atoms with Crippen LogP contribution in [0.15, 0.2) is 48.5 Å². The van der Waals surface area contributed by atoms with Crippen LogP contribution in [0, 0.1) is 0 Å². The molecule has 2 aromatic rings. The number of carbonyl (C=O) groups is 3. The molecule has 7 heteroatoms. The number of nitrogen functional groups attached to an aromatic ring is 1. The van der Waals surface area contributed by atoms with Crippen molar-refractivity contribution < 1.29 is 28.0 Å². The molecule has 0 bridgehead atoms. The molecule has 25 heavy (non-hydrogen) atoms. The summed E-state index contributed by atoms with van der Waals surface area (Å²) in [7, 11) is 2.57. The van der Waals surface area contributed by atoms with E-state index in [1.807, 2.05) is 0 Å². The van der Waals surface area contributed by atoms with Gasteiger partial charge in [-0.15, -0.1) is 0 Å². The number of nitrogens with two attached hydrogens (primary N) is 1. The van der Waals surface area contributed by atoms with E-state index in [2.05, 4.69) is 14.8 Å². The van der Waals surface area contributed by atoms with E-state index in [1.165, 1.54) is 38.5 Å². The maximum Gasteiger partial charge on any atom is 0.337 e. The van der Waals surface area contributed by atoms with E-state index in [4.69, 9.17) is 9.85 Å². The minimum absolute atomic E-state index is 0.231. The summed E-state index contributed by atoms with van der Waals surface area (Å²) in [5.41, 5.74) is 6.95. The van der Waals surface area contributed by atoms with Crippen molar-refractivity contribution >= 4 is 29.2 Å². The molecular weight excluding hydrogens is 324 g/mol. The lowest BCUT2D eigenvalue weighted by atomic mass is 10.2. The van der Waals surface area contributed by atoms with E-state index >= 15 is 0 Å². The molecule has 2 rings (SSSR count). The summed E-state index contributed by atoms with van der Waals surface area (Å²) in [5, 5.41) is 2.19. The highest BCUT2D eigenvalue weighted by Crippen LogP contribution is 2.11. The molecule has 0 heterocycles. The predicted octanol–water partition coefficient (Wildman–Crippen LogP) is 2.49. The molecule has 2 aromatic carbocycles. The maximum atomic E-state index is 11.2. The second-order valence-corrected chi connectivity index (χ2v) is 4.64. The van der Waals surface area contributed by atoms with E-state index in [9.17, 15) is 14.4 Å². The highest BCUT2D eigenvalue weighted by molar-refractivity contribution is 5.93. The molecule has 0 aliphatic rings. The summed E-state index contributed by atoms with van der Waals surface area (Å²) in [6.45, 7) is -2.72. The number of hydrogen-bond acceptors (Lipinski definition) is 6. The molecule has 0 aliphatic carbocycles. The lowest BCUT2D eigenvalue weighted by molar-refractivity contribution is -0.114. The van der Waals surface area contributed by atoms with Crippen LogP contribution in [-0.4, -0.2) is 32.1 Å². The summed E-state index contributed by atoms with van der Waals surface area (Å²) < 4.78 is 29.7. The molecule has 132 valence electrons. The zero-order valence-electron chi connectivity index (χ0n) is 16.7. The van der Waals surface area contributed by atoms with E-state index in [0.717, 1.165) is 0 Å². The molecule has 0 aromatic heterocycles. The van der Waals surface area contributed by atoms with Gasteiger partial charge < -0.3 is 20.5 Å². The number of ether oxygens (including phenoxy) is 2. The van der Waals surface area contributed by atoms with Crippen molar-refractivity contribution in [3.8, 4) is 0 Å². The third-order valence-corrected chi connectivity index (χ3v) is 2.85. The van der Waals surface area contributed by atoms with Gasteiger partial charge in [-0.1, -0.05) is 12.1 Å². The number of amides is 1. The SMILES string of the molecule is COC(=O)c1cccc(N)c1.[2H]C([2H])([2H])C(=O)Nc1cccc(C(=O)OC)c1. The Kier molecular flexibility index (Phi) is 5.90. The standard InChI is InChI=1S/C10H11NO3.C8H9NO2/c1-7(12)11-9-5-3-4-8(6-9)10(13)14-2;1-11-8(10)6-3-2-4-7(9)5-6/h3-6H,1-2H3,(H,11,12);2-5H,9H2,1H3/i1D3;. The summed E-state index contributed by atoms with van der Waals surface area (Å²) in [4.78, 5) is 33.3. The fourth-order valence-corrected chi connectivity index (χ4v) is 1.76. The molecule has 0 spiro atoms.